The van der Waals surface area contributed by atoms with Crippen LogP contribution in [0.4, 0.5) is 11.4 Å². The van der Waals surface area contributed by atoms with E-state index in [1.54, 1.807) is 30.3 Å². The van der Waals surface area contributed by atoms with Crippen molar-refractivity contribution in [3.8, 4) is 0 Å². The number of carbonyl (C=O) groups excluding carboxylic acids is 1. The van der Waals surface area contributed by atoms with Crippen LogP contribution in [0.5, 0.6) is 0 Å². The molecule has 3 aromatic rings. The van der Waals surface area contributed by atoms with Gasteiger partial charge in [-0.3, -0.25) is 4.79 Å². The van der Waals surface area contributed by atoms with Gasteiger partial charge < -0.3 is 14.6 Å². The molecule has 0 fully saturated rings. The van der Waals surface area contributed by atoms with Crippen molar-refractivity contribution in [1.29, 1.82) is 0 Å². The molecule has 6 heteroatoms. The predicted molar refractivity (Wildman–Crippen MR) is 105 cm³/mol. The van der Waals surface area contributed by atoms with Crippen molar-refractivity contribution in [2.75, 3.05) is 23.3 Å². The summed E-state index contributed by atoms with van der Waals surface area (Å²) in [5.74, 6) is -0.532. The average Bonchev–Trinajstić information content (AvgIpc) is 2.62. The lowest BCUT2D eigenvalue weighted by atomic mass is 10.1. The number of fused-ring (bicyclic) bond motifs is 1. The molecular formula is C20H19ClN2O3. The van der Waals surface area contributed by atoms with Gasteiger partial charge in [-0.2, -0.15) is 0 Å². The van der Waals surface area contributed by atoms with Crippen molar-refractivity contribution >= 4 is 39.9 Å². The van der Waals surface area contributed by atoms with Crippen LogP contribution >= 0.6 is 11.6 Å². The summed E-state index contributed by atoms with van der Waals surface area (Å²) in [6.45, 7) is 5.83. The van der Waals surface area contributed by atoms with E-state index < -0.39 is 11.5 Å². The van der Waals surface area contributed by atoms with Crippen molar-refractivity contribution < 1.29 is 9.21 Å². The Morgan fingerprint density at radius 2 is 1.88 bits per heavy atom. The fraction of sp³-hybridized carbons (Fsp3) is 0.200. The zero-order valence-electron chi connectivity index (χ0n) is 14.6. The highest BCUT2D eigenvalue weighted by Crippen LogP contribution is 2.22. The maximum absolute atomic E-state index is 12.4. The normalized spacial score (nSPS) is 10.7. The number of amides is 1. The van der Waals surface area contributed by atoms with E-state index in [-0.39, 0.29) is 5.56 Å². The first kappa shape index (κ1) is 18.0. The number of nitrogens with one attached hydrogen (secondary N) is 1. The van der Waals surface area contributed by atoms with Gasteiger partial charge in [-0.1, -0.05) is 17.7 Å². The van der Waals surface area contributed by atoms with Gasteiger partial charge in [-0.05, 0) is 50.2 Å². The van der Waals surface area contributed by atoms with Gasteiger partial charge in [0.05, 0.1) is 0 Å². The Balaban J connectivity index is 1.94. The van der Waals surface area contributed by atoms with Crippen LogP contribution in [0.3, 0.4) is 0 Å². The van der Waals surface area contributed by atoms with Gasteiger partial charge in [0.15, 0.2) is 0 Å². The Hall–Kier alpha value is -2.79. The quantitative estimate of drug-likeness (QED) is 0.669. The fourth-order valence-corrected chi connectivity index (χ4v) is 3.00. The lowest BCUT2D eigenvalue weighted by molar-refractivity contribution is 0.102. The molecule has 2 aromatic carbocycles. The molecule has 1 aromatic heterocycles. The zero-order valence-corrected chi connectivity index (χ0v) is 15.3. The Morgan fingerprint density at radius 3 is 2.58 bits per heavy atom. The van der Waals surface area contributed by atoms with Gasteiger partial charge in [0, 0.05) is 40.9 Å². The SMILES string of the molecule is CCN(CC)c1ccc2cc(C(=O)Nc3cccc(Cl)c3)c(=O)oc2c1. The number of benzene rings is 2. The Bertz CT molecular complexity index is 1010. The highest BCUT2D eigenvalue weighted by Gasteiger charge is 2.15. The minimum Gasteiger partial charge on any atom is -0.422 e. The molecular weight excluding hydrogens is 352 g/mol. The van der Waals surface area contributed by atoms with Crippen molar-refractivity contribution in [2.45, 2.75) is 13.8 Å². The molecule has 0 bridgehead atoms. The Morgan fingerprint density at radius 1 is 1.12 bits per heavy atom. The molecule has 0 saturated carbocycles. The van der Waals surface area contributed by atoms with Crippen LogP contribution in [0.2, 0.25) is 5.02 Å². The van der Waals surface area contributed by atoms with E-state index in [1.807, 2.05) is 18.2 Å². The maximum atomic E-state index is 12.4. The largest absolute Gasteiger partial charge is 0.422 e. The minimum atomic E-state index is -0.672. The highest BCUT2D eigenvalue weighted by molar-refractivity contribution is 6.31. The van der Waals surface area contributed by atoms with Crippen LogP contribution in [-0.2, 0) is 0 Å². The molecule has 0 atom stereocenters. The van der Waals surface area contributed by atoms with Gasteiger partial charge in [0.2, 0.25) is 0 Å². The van der Waals surface area contributed by atoms with Crippen LogP contribution in [0.1, 0.15) is 24.2 Å². The number of carbonyl (C=O) groups is 1. The number of hydrogen-bond acceptors (Lipinski definition) is 4. The Kier molecular flexibility index (Phi) is 5.28. The number of rotatable bonds is 5. The van der Waals surface area contributed by atoms with Crippen LogP contribution in [0, 0.1) is 0 Å². The van der Waals surface area contributed by atoms with Crippen molar-refractivity contribution in [2.24, 2.45) is 0 Å². The molecule has 26 heavy (non-hydrogen) atoms. The Labute approximate surface area is 156 Å². The molecule has 0 aliphatic rings. The molecule has 1 heterocycles. The lowest BCUT2D eigenvalue weighted by Gasteiger charge is -2.21. The smallest absolute Gasteiger partial charge is 0.349 e. The molecule has 134 valence electrons. The average molecular weight is 371 g/mol. The zero-order chi connectivity index (χ0) is 18.7. The second kappa shape index (κ2) is 7.62. The highest BCUT2D eigenvalue weighted by atomic mass is 35.5. The summed E-state index contributed by atoms with van der Waals surface area (Å²) < 4.78 is 5.39. The third kappa shape index (κ3) is 3.73. The summed E-state index contributed by atoms with van der Waals surface area (Å²) in [6, 6.07) is 13.9. The van der Waals surface area contributed by atoms with Crippen LogP contribution < -0.4 is 15.8 Å². The van der Waals surface area contributed by atoms with E-state index >= 15 is 0 Å². The van der Waals surface area contributed by atoms with Crippen molar-refractivity contribution in [1.82, 2.24) is 0 Å². The van der Waals surface area contributed by atoms with E-state index in [9.17, 15) is 9.59 Å². The van der Waals surface area contributed by atoms with E-state index in [0.717, 1.165) is 18.8 Å². The summed E-state index contributed by atoms with van der Waals surface area (Å²) in [6.07, 6.45) is 0. The first-order valence-corrected chi connectivity index (χ1v) is 8.79. The van der Waals surface area contributed by atoms with Crippen molar-refractivity contribution in [3.63, 3.8) is 0 Å². The monoisotopic (exact) mass is 370 g/mol. The molecule has 0 spiro atoms. The fourth-order valence-electron chi connectivity index (χ4n) is 2.81. The molecule has 0 aliphatic heterocycles. The van der Waals surface area contributed by atoms with E-state index in [2.05, 4.69) is 24.1 Å². The number of hydrogen-bond donors (Lipinski definition) is 1. The third-order valence-corrected chi connectivity index (χ3v) is 4.41. The molecule has 5 nitrogen and oxygen atoms in total. The molecule has 3 rings (SSSR count). The van der Waals surface area contributed by atoms with Gasteiger partial charge in [0.25, 0.3) is 5.91 Å². The molecule has 0 aliphatic carbocycles. The van der Waals surface area contributed by atoms with Gasteiger partial charge in [0.1, 0.15) is 11.1 Å². The molecule has 1 amide bonds. The van der Waals surface area contributed by atoms with Crippen molar-refractivity contribution in [3.05, 3.63) is 69.5 Å². The topological polar surface area (TPSA) is 62.6 Å². The van der Waals surface area contributed by atoms with Crippen LogP contribution in [0.25, 0.3) is 11.0 Å². The first-order valence-electron chi connectivity index (χ1n) is 8.41. The predicted octanol–water partition coefficient (Wildman–Crippen LogP) is 4.54. The minimum absolute atomic E-state index is 0.0481. The molecule has 0 radical (unpaired) electrons. The van der Waals surface area contributed by atoms with Gasteiger partial charge >= 0.3 is 5.63 Å². The van der Waals surface area contributed by atoms with Gasteiger partial charge in [-0.25, -0.2) is 4.79 Å². The van der Waals surface area contributed by atoms with Crippen LogP contribution in [0.15, 0.2) is 57.7 Å². The molecule has 1 N–H and O–H groups in total. The molecule has 0 unspecified atom stereocenters. The molecule has 0 saturated heterocycles. The summed E-state index contributed by atoms with van der Waals surface area (Å²) in [5.41, 5.74) is 1.22. The summed E-state index contributed by atoms with van der Waals surface area (Å²) in [4.78, 5) is 26.9. The van der Waals surface area contributed by atoms with Crippen LogP contribution in [-0.4, -0.2) is 19.0 Å². The standard InChI is InChI=1S/C20H19ClN2O3/c1-3-23(4-2)16-9-8-13-10-17(20(25)26-18(13)12-16)19(24)22-15-7-5-6-14(21)11-15/h5-12H,3-4H2,1-2H3,(H,22,24). The number of halogens is 1. The summed E-state index contributed by atoms with van der Waals surface area (Å²) >= 11 is 5.91. The van der Waals surface area contributed by atoms with Gasteiger partial charge in [-0.15, -0.1) is 0 Å². The summed E-state index contributed by atoms with van der Waals surface area (Å²) in [7, 11) is 0. The third-order valence-electron chi connectivity index (χ3n) is 4.18. The lowest BCUT2D eigenvalue weighted by Crippen LogP contribution is -2.22. The second-order valence-corrected chi connectivity index (χ2v) is 6.24. The van der Waals surface area contributed by atoms with E-state index in [4.69, 9.17) is 16.0 Å². The number of anilines is 2. The van der Waals surface area contributed by atoms with E-state index in [0.29, 0.717) is 21.7 Å². The van der Waals surface area contributed by atoms with E-state index in [1.165, 1.54) is 0 Å². The second-order valence-electron chi connectivity index (χ2n) is 5.81. The first-order chi connectivity index (χ1) is 12.5. The maximum Gasteiger partial charge on any atom is 0.349 e. The summed E-state index contributed by atoms with van der Waals surface area (Å²) in [5, 5.41) is 3.85. The number of nitrogens with zero attached hydrogens (tertiary/aromatic N) is 1.